The number of hydrogen-bond donors (Lipinski definition) is 0. The Morgan fingerprint density at radius 2 is 1.39 bits per heavy atom. The highest BCUT2D eigenvalue weighted by Crippen LogP contribution is 2.25. The number of aryl methyl sites for hydroxylation is 1. The van der Waals surface area contributed by atoms with E-state index in [0.717, 1.165) is 23.7 Å². The van der Waals surface area contributed by atoms with E-state index in [9.17, 15) is 14.4 Å². The van der Waals surface area contributed by atoms with Crippen LogP contribution in [-0.2, 0) is 4.79 Å². The van der Waals surface area contributed by atoms with E-state index in [-0.39, 0.29) is 17.7 Å². The van der Waals surface area contributed by atoms with Gasteiger partial charge in [0.1, 0.15) is 6.04 Å². The van der Waals surface area contributed by atoms with Gasteiger partial charge >= 0.3 is 0 Å². The molecule has 0 spiro atoms. The fourth-order valence-electron chi connectivity index (χ4n) is 3.87. The van der Waals surface area contributed by atoms with Gasteiger partial charge in [-0.05, 0) is 38.1 Å². The Morgan fingerprint density at radius 3 is 1.93 bits per heavy atom. The molecule has 144 valence electrons. The smallest absolute Gasteiger partial charge is 0.262 e. The average Bonchev–Trinajstić information content (AvgIpc) is 2.98. The van der Waals surface area contributed by atoms with Crippen LogP contribution in [0.4, 0.5) is 5.69 Å². The van der Waals surface area contributed by atoms with Crippen LogP contribution in [0.15, 0.2) is 48.5 Å². The molecular formula is C22H23N3O3. The molecule has 2 aliphatic rings. The molecule has 28 heavy (non-hydrogen) atoms. The van der Waals surface area contributed by atoms with Crippen molar-refractivity contribution in [1.82, 2.24) is 9.80 Å². The fraction of sp³-hybridized carbons (Fsp3) is 0.318. The minimum Gasteiger partial charge on any atom is -0.368 e. The van der Waals surface area contributed by atoms with Gasteiger partial charge < -0.3 is 9.80 Å². The highest BCUT2D eigenvalue weighted by atomic mass is 16.2. The number of imide groups is 1. The van der Waals surface area contributed by atoms with Crippen LogP contribution in [0.5, 0.6) is 0 Å². The van der Waals surface area contributed by atoms with E-state index < -0.39 is 6.04 Å². The second kappa shape index (κ2) is 7.11. The van der Waals surface area contributed by atoms with Crippen LogP contribution < -0.4 is 4.90 Å². The highest BCUT2D eigenvalue weighted by Gasteiger charge is 2.42. The molecule has 0 saturated carbocycles. The SMILES string of the molecule is Cc1ccc(N2CCN(C(=O)[C@H](C)N3C(=O)c4ccccc4C3=O)CC2)cc1. The molecule has 3 amide bonds. The third kappa shape index (κ3) is 3.05. The number of amides is 3. The molecule has 1 fully saturated rings. The fourth-order valence-corrected chi connectivity index (χ4v) is 3.87. The minimum atomic E-state index is -0.807. The molecule has 0 aromatic heterocycles. The number of hydrogen-bond acceptors (Lipinski definition) is 4. The first kappa shape index (κ1) is 18.2. The Labute approximate surface area is 164 Å². The Hall–Kier alpha value is -3.15. The Morgan fingerprint density at radius 1 is 0.857 bits per heavy atom. The second-order valence-electron chi connectivity index (χ2n) is 7.35. The average molecular weight is 377 g/mol. The van der Waals surface area contributed by atoms with E-state index in [1.807, 2.05) is 0 Å². The second-order valence-corrected chi connectivity index (χ2v) is 7.35. The summed E-state index contributed by atoms with van der Waals surface area (Å²) in [6.07, 6.45) is 0. The number of fused-ring (bicyclic) bond motifs is 1. The van der Waals surface area contributed by atoms with Crippen molar-refractivity contribution in [2.24, 2.45) is 0 Å². The molecule has 2 aliphatic heterocycles. The number of piperazine rings is 1. The number of nitrogens with zero attached hydrogens (tertiary/aromatic N) is 3. The number of carbonyl (C=O) groups excluding carboxylic acids is 3. The Bertz CT molecular complexity index is 895. The van der Waals surface area contributed by atoms with E-state index in [1.54, 1.807) is 36.1 Å². The molecule has 0 radical (unpaired) electrons. The summed E-state index contributed by atoms with van der Waals surface area (Å²) < 4.78 is 0. The summed E-state index contributed by atoms with van der Waals surface area (Å²) in [5, 5.41) is 0. The molecule has 0 bridgehead atoms. The Balaban J connectivity index is 1.42. The van der Waals surface area contributed by atoms with Crippen molar-refractivity contribution in [2.75, 3.05) is 31.1 Å². The van der Waals surface area contributed by atoms with E-state index >= 15 is 0 Å². The summed E-state index contributed by atoms with van der Waals surface area (Å²) >= 11 is 0. The van der Waals surface area contributed by atoms with Gasteiger partial charge in [0.2, 0.25) is 5.91 Å². The summed E-state index contributed by atoms with van der Waals surface area (Å²) in [5.74, 6) is -0.961. The van der Waals surface area contributed by atoms with Gasteiger partial charge in [0, 0.05) is 31.9 Å². The normalized spacial score (nSPS) is 17.7. The zero-order valence-corrected chi connectivity index (χ0v) is 16.1. The molecule has 1 saturated heterocycles. The van der Waals surface area contributed by atoms with Gasteiger partial charge in [0.05, 0.1) is 11.1 Å². The lowest BCUT2D eigenvalue weighted by Gasteiger charge is -2.38. The predicted octanol–water partition coefficient (Wildman–Crippen LogP) is 2.33. The third-order valence-corrected chi connectivity index (χ3v) is 5.56. The van der Waals surface area contributed by atoms with Crippen LogP contribution in [0, 0.1) is 6.92 Å². The highest BCUT2D eigenvalue weighted by molar-refractivity contribution is 6.22. The lowest BCUT2D eigenvalue weighted by molar-refractivity contribution is -0.135. The standard InChI is InChI=1S/C22H23N3O3/c1-15-7-9-17(10-8-15)23-11-13-24(14-12-23)20(26)16(2)25-21(27)18-5-3-4-6-19(18)22(25)28/h3-10,16H,11-14H2,1-2H3/t16-/m0/s1. The van der Waals surface area contributed by atoms with E-state index in [4.69, 9.17) is 0 Å². The van der Waals surface area contributed by atoms with E-state index in [1.165, 1.54) is 5.56 Å². The van der Waals surface area contributed by atoms with Crippen molar-refractivity contribution in [3.63, 3.8) is 0 Å². The zero-order chi connectivity index (χ0) is 19.8. The van der Waals surface area contributed by atoms with Crippen LogP contribution in [0.2, 0.25) is 0 Å². The quantitative estimate of drug-likeness (QED) is 0.771. The van der Waals surface area contributed by atoms with Gasteiger partial charge in [-0.3, -0.25) is 19.3 Å². The zero-order valence-electron chi connectivity index (χ0n) is 16.1. The number of benzene rings is 2. The molecule has 0 aliphatic carbocycles. The molecule has 2 heterocycles. The molecule has 2 aromatic carbocycles. The van der Waals surface area contributed by atoms with Crippen LogP contribution >= 0.6 is 0 Å². The van der Waals surface area contributed by atoms with Crippen LogP contribution in [0.25, 0.3) is 0 Å². The van der Waals surface area contributed by atoms with Gasteiger partial charge in [-0.15, -0.1) is 0 Å². The monoisotopic (exact) mass is 377 g/mol. The van der Waals surface area contributed by atoms with Crippen molar-refractivity contribution in [1.29, 1.82) is 0 Å². The summed E-state index contributed by atoms with van der Waals surface area (Å²) in [4.78, 5) is 43.3. The van der Waals surface area contributed by atoms with Crippen molar-refractivity contribution >= 4 is 23.4 Å². The first-order valence-electron chi connectivity index (χ1n) is 9.54. The first-order valence-corrected chi connectivity index (χ1v) is 9.54. The van der Waals surface area contributed by atoms with E-state index in [0.29, 0.717) is 24.2 Å². The largest absolute Gasteiger partial charge is 0.368 e. The maximum atomic E-state index is 13.0. The predicted molar refractivity (Wildman–Crippen MR) is 106 cm³/mol. The molecule has 6 nitrogen and oxygen atoms in total. The molecule has 4 rings (SSSR count). The number of rotatable bonds is 3. The van der Waals surface area contributed by atoms with Gasteiger partial charge in [0.15, 0.2) is 0 Å². The van der Waals surface area contributed by atoms with Gasteiger partial charge in [-0.2, -0.15) is 0 Å². The number of carbonyl (C=O) groups is 3. The molecule has 2 aromatic rings. The van der Waals surface area contributed by atoms with Crippen molar-refractivity contribution in [3.8, 4) is 0 Å². The number of anilines is 1. The maximum Gasteiger partial charge on any atom is 0.262 e. The van der Waals surface area contributed by atoms with Crippen molar-refractivity contribution in [3.05, 3.63) is 65.2 Å². The van der Waals surface area contributed by atoms with Gasteiger partial charge in [-0.25, -0.2) is 0 Å². The minimum absolute atomic E-state index is 0.182. The maximum absolute atomic E-state index is 13.0. The molecule has 0 unspecified atom stereocenters. The van der Waals surface area contributed by atoms with Gasteiger partial charge in [-0.1, -0.05) is 29.8 Å². The first-order chi connectivity index (χ1) is 13.5. The summed E-state index contributed by atoms with van der Waals surface area (Å²) in [6, 6.07) is 14.3. The van der Waals surface area contributed by atoms with Crippen LogP contribution in [0.1, 0.15) is 33.2 Å². The van der Waals surface area contributed by atoms with Crippen LogP contribution in [0.3, 0.4) is 0 Å². The summed E-state index contributed by atoms with van der Waals surface area (Å²) in [5.41, 5.74) is 3.10. The topological polar surface area (TPSA) is 60.9 Å². The Kier molecular flexibility index (Phi) is 4.63. The van der Waals surface area contributed by atoms with E-state index in [2.05, 4.69) is 36.1 Å². The molecule has 1 atom stereocenters. The summed E-state index contributed by atoms with van der Waals surface area (Å²) in [7, 11) is 0. The summed E-state index contributed by atoms with van der Waals surface area (Å²) in [6.45, 7) is 6.28. The molecular weight excluding hydrogens is 354 g/mol. The molecule has 0 N–H and O–H groups in total. The lowest BCUT2D eigenvalue weighted by Crippen LogP contribution is -2.55. The molecule has 6 heteroatoms. The van der Waals surface area contributed by atoms with Gasteiger partial charge in [0.25, 0.3) is 11.8 Å². The van der Waals surface area contributed by atoms with Crippen molar-refractivity contribution in [2.45, 2.75) is 19.9 Å². The van der Waals surface area contributed by atoms with Crippen molar-refractivity contribution < 1.29 is 14.4 Å². The third-order valence-electron chi connectivity index (χ3n) is 5.56. The lowest BCUT2D eigenvalue weighted by atomic mass is 10.1. The van der Waals surface area contributed by atoms with Crippen LogP contribution in [-0.4, -0.2) is 59.7 Å².